The molecule has 0 spiro atoms. The first-order valence-corrected chi connectivity index (χ1v) is 8.36. The normalized spacial score (nSPS) is 12.2. The van der Waals surface area contributed by atoms with Gasteiger partial charge in [0.05, 0.1) is 11.6 Å². The molecule has 0 unspecified atom stereocenters. The number of rotatable bonds is 5. The number of benzene rings is 2. The largest absolute Gasteiger partial charge is 0.386 e. The second-order valence-electron chi connectivity index (χ2n) is 4.54. The predicted molar refractivity (Wildman–Crippen MR) is 87.4 cm³/mol. The summed E-state index contributed by atoms with van der Waals surface area (Å²) in [5.74, 6) is 0.519. The van der Waals surface area contributed by atoms with Gasteiger partial charge in [-0.25, -0.2) is 4.99 Å². The van der Waals surface area contributed by atoms with Crippen LogP contribution in [0.5, 0.6) is 5.75 Å². The topological polar surface area (TPSA) is 81.8 Å². The first-order valence-electron chi connectivity index (χ1n) is 6.41. The van der Waals surface area contributed by atoms with E-state index >= 15 is 0 Å². The van der Waals surface area contributed by atoms with Gasteiger partial charge in [-0.2, -0.15) is 8.42 Å². The van der Waals surface area contributed by atoms with Crippen molar-refractivity contribution >= 4 is 33.2 Å². The molecule has 5 nitrogen and oxygen atoms in total. The van der Waals surface area contributed by atoms with Gasteiger partial charge in [0, 0.05) is 0 Å². The van der Waals surface area contributed by atoms with Crippen LogP contribution in [0.15, 0.2) is 58.4 Å². The van der Waals surface area contributed by atoms with Gasteiger partial charge in [0.15, 0.2) is 0 Å². The number of aryl methyl sites for hydroxylation is 1. The van der Waals surface area contributed by atoms with Crippen LogP contribution in [0.3, 0.4) is 0 Å². The molecule has 2 aromatic carbocycles. The van der Waals surface area contributed by atoms with Gasteiger partial charge in [0.25, 0.3) is 0 Å². The van der Waals surface area contributed by atoms with Crippen LogP contribution < -0.4 is 9.92 Å². The van der Waals surface area contributed by atoms with Gasteiger partial charge < -0.3 is 9.92 Å². The lowest BCUT2D eigenvalue weighted by atomic mass is 10.2. The molecular formula is C15H15ClN2O3S. The third-order valence-electron chi connectivity index (χ3n) is 2.80. The second kappa shape index (κ2) is 6.81. The van der Waals surface area contributed by atoms with Crippen molar-refractivity contribution in [2.24, 2.45) is 10.7 Å². The number of hydrogen-bond acceptors (Lipinski definition) is 4. The maximum atomic E-state index is 12.4. The fourth-order valence-corrected chi connectivity index (χ4v) is 3.01. The Balaban J connectivity index is 2.40. The molecule has 2 N–H and O–H groups in total. The summed E-state index contributed by atoms with van der Waals surface area (Å²) < 4.78 is 29.9. The highest BCUT2D eigenvalue weighted by atomic mass is 35.5. The van der Waals surface area contributed by atoms with E-state index in [4.69, 9.17) is 21.5 Å². The number of halogens is 1. The monoisotopic (exact) mass is 338 g/mol. The molecule has 0 aromatic heterocycles. The molecule has 0 saturated heterocycles. The molecule has 0 atom stereocenters. The average molecular weight is 339 g/mol. The Morgan fingerprint density at radius 1 is 1.23 bits per heavy atom. The molecule has 0 aliphatic rings. The molecule has 0 fully saturated rings. The zero-order chi connectivity index (χ0) is 16.2. The zero-order valence-corrected chi connectivity index (χ0v) is 13.4. The van der Waals surface area contributed by atoms with E-state index in [1.165, 1.54) is 6.07 Å². The minimum Gasteiger partial charge on any atom is -0.386 e. The molecule has 7 heteroatoms. The zero-order valence-electron chi connectivity index (χ0n) is 11.9. The van der Waals surface area contributed by atoms with Gasteiger partial charge in [0.1, 0.15) is 16.5 Å². The van der Waals surface area contributed by atoms with Gasteiger partial charge in [-0.1, -0.05) is 24.3 Å². The summed E-state index contributed by atoms with van der Waals surface area (Å²) in [6.45, 7) is 1.68. The number of para-hydroxylation sites is 1. The quantitative estimate of drug-likeness (QED) is 0.393. The summed E-state index contributed by atoms with van der Waals surface area (Å²) in [5, 5.41) is 0. The van der Waals surface area contributed by atoms with Crippen LogP contribution >= 0.6 is 11.6 Å². The van der Waals surface area contributed by atoms with E-state index in [2.05, 4.69) is 4.99 Å². The molecule has 0 saturated carbocycles. The molecule has 0 amide bonds. The summed E-state index contributed by atoms with van der Waals surface area (Å²) in [4.78, 5) is 4.08. The average Bonchev–Trinajstić information content (AvgIpc) is 2.49. The fraction of sp³-hybridized carbons (Fsp3) is 0.133. The van der Waals surface area contributed by atoms with Crippen LogP contribution in [0.25, 0.3) is 0 Å². The maximum Gasteiger partial charge on any atom is 0.339 e. The summed E-state index contributed by atoms with van der Waals surface area (Å²) in [6.07, 6.45) is 0. The van der Waals surface area contributed by atoms with Crippen LogP contribution in [0.2, 0.25) is 0 Å². The van der Waals surface area contributed by atoms with Crippen LogP contribution in [0.4, 0.5) is 5.69 Å². The second-order valence-corrected chi connectivity index (χ2v) is 6.32. The van der Waals surface area contributed by atoms with Crippen molar-refractivity contribution < 1.29 is 12.6 Å². The highest BCUT2D eigenvalue weighted by Gasteiger charge is 2.20. The Bertz CT molecular complexity index is 790. The highest BCUT2D eigenvalue weighted by Crippen LogP contribution is 2.25. The smallest absolute Gasteiger partial charge is 0.339 e. The Kier molecular flexibility index (Phi) is 5.05. The molecular weight excluding hydrogens is 324 g/mol. The van der Waals surface area contributed by atoms with Crippen molar-refractivity contribution in [1.82, 2.24) is 0 Å². The van der Waals surface area contributed by atoms with Crippen molar-refractivity contribution in [2.45, 2.75) is 11.8 Å². The van der Waals surface area contributed by atoms with E-state index in [9.17, 15) is 8.42 Å². The first-order chi connectivity index (χ1) is 10.4. The van der Waals surface area contributed by atoms with E-state index in [0.717, 1.165) is 0 Å². The standard InChI is InChI=1S/C15H15ClN2O3S/c1-11-7-8-12(18-15(17)10-16)9-14(11)22(19,20)21-13-5-3-2-4-6-13/h2-9H,10H2,1H3,(H2,17,18). The predicted octanol–water partition coefficient (Wildman–Crippen LogP) is 2.99. The molecule has 0 heterocycles. The Morgan fingerprint density at radius 2 is 1.91 bits per heavy atom. The lowest BCUT2D eigenvalue weighted by molar-refractivity contribution is 0.485. The minimum absolute atomic E-state index is 0.0416. The molecule has 0 aliphatic heterocycles. The molecule has 22 heavy (non-hydrogen) atoms. The maximum absolute atomic E-state index is 12.4. The van der Waals surface area contributed by atoms with Crippen LogP contribution in [-0.2, 0) is 10.1 Å². The number of nitrogens with two attached hydrogens (primary N) is 1. The molecule has 0 radical (unpaired) electrons. The SMILES string of the molecule is Cc1ccc(N=C(N)CCl)cc1S(=O)(=O)Oc1ccccc1. The molecule has 0 aliphatic carbocycles. The van der Waals surface area contributed by atoms with E-state index in [1.54, 1.807) is 49.4 Å². The Morgan fingerprint density at radius 3 is 2.55 bits per heavy atom. The van der Waals surface area contributed by atoms with Crippen molar-refractivity contribution in [3.8, 4) is 5.75 Å². The van der Waals surface area contributed by atoms with Gasteiger partial charge >= 0.3 is 10.1 Å². The third-order valence-corrected chi connectivity index (χ3v) is 4.46. The van der Waals surface area contributed by atoms with Crippen molar-refractivity contribution in [1.29, 1.82) is 0 Å². The highest BCUT2D eigenvalue weighted by molar-refractivity contribution is 7.87. The number of hydrogen-bond donors (Lipinski definition) is 1. The molecule has 2 rings (SSSR count). The van der Waals surface area contributed by atoms with E-state index in [1.807, 2.05) is 0 Å². The van der Waals surface area contributed by atoms with Crippen molar-refractivity contribution in [3.05, 3.63) is 54.1 Å². The molecule has 0 bridgehead atoms. The van der Waals surface area contributed by atoms with E-state index in [-0.39, 0.29) is 22.4 Å². The fourth-order valence-electron chi connectivity index (χ4n) is 1.77. The lowest BCUT2D eigenvalue weighted by Gasteiger charge is -2.10. The lowest BCUT2D eigenvalue weighted by Crippen LogP contribution is -2.13. The Hall–Kier alpha value is -2.05. The van der Waals surface area contributed by atoms with Crippen molar-refractivity contribution in [2.75, 3.05) is 5.88 Å². The number of nitrogens with zero attached hydrogens (tertiary/aromatic N) is 1. The van der Waals surface area contributed by atoms with Gasteiger partial charge in [0.2, 0.25) is 0 Å². The third kappa shape index (κ3) is 3.99. The van der Waals surface area contributed by atoms with E-state index < -0.39 is 10.1 Å². The summed E-state index contributed by atoms with van der Waals surface area (Å²) >= 11 is 5.57. The minimum atomic E-state index is -3.95. The summed E-state index contributed by atoms with van der Waals surface area (Å²) in [5.41, 5.74) is 6.52. The number of aliphatic imine (C=N–C) groups is 1. The van der Waals surface area contributed by atoms with Crippen LogP contribution in [0.1, 0.15) is 5.56 Å². The Labute approximate surface area is 134 Å². The number of amidine groups is 1. The van der Waals surface area contributed by atoms with E-state index in [0.29, 0.717) is 11.3 Å². The van der Waals surface area contributed by atoms with Gasteiger partial charge in [-0.3, -0.25) is 0 Å². The van der Waals surface area contributed by atoms with Crippen LogP contribution in [0, 0.1) is 6.92 Å². The summed E-state index contributed by atoms with van der Waals surface area (Å²) in [6, 6.07) is 13.0. The first kappa shape index (κ1) is 16.3. The van der Waals surface area contributed by atoms with Crippen LogP contribution in [-0.4, -0.2) is 20.1 Å². The van der Waals surface area contributed by atoms with Gasteiger partial charge in [-0.05, 0) is 36.8 Å². The summed E-state index contributed by atoms with van der Waals surface area (Å²) in [7, 11) is -3.95. The molecule has 116 valence electrons. The van der Waals surface area contributed by atoms with Gasteiger partial charge in [-0.15, -0.1) is 11.6 Å². The number of alkyl halides is 1. The molecule has 2 aromatic rings. The van der Waals surface area contributed by atoms with Crippen molar-refractivity contribution in [3.63, 3.8) is 0 Å².